The van der Waals surface area contributed by atoms with Gasteiger partial charge in [0, 0.05) is 18.8 Å². The number of likely N-dealkylation sites (tertiary alicyclic amines) is 1. The quantitative estimate of drug-likeness (QED) is 0.924. The third-order valence-electron chi connectivity index (χ3n) is 3.79. The average Bonchev–Trinajstić information content (AvgIpc) is 2.36. The predicted molar refractivity (Wildman–Crippen MR) is 79.5 cm³/mol. The van der Waals surface area contributed by atoms with E-state index >= 15 is 0 Å². The van der Waals surface area contributed by atoms with Gasteiger partial charge in [0.1, 0.15) is 0 Å². The van der Waals surface area contributed by atoms with Crippen LogP contribution in [0, 0.1) is 11.8 Å². The monoisotopic (exact) mass is 314 g/mol. The van der Waals surface area contributed by atoms with E-state index in [1.165, 1.54) is 12.1 Å². The summed E-state index contributed by atoms with van der Waals surface area (Å²) in [6, 6.07) is 4.71. The van der Waals surface area contributed by atoms with Crippen LogP contribution in [0.2, 0.25) is 0 Å². The highest BCUT2D eigenvalue weighted by Gasteiger charge is 2.30. The number of halogens is 3. The molecule has 1 amide bonds. The lowest BCUT2D eigenvalue weighted by molar-refractivity contribution is -0.137. The molecule has 1 aromatic carbocycles. The maximum absolute atomic E-state index is 12.6. The molecule has 1 aliphatic rings. The first-order valence-corrected chi connectivity index (χ1v) is 7.43. The molecule has 122 valence electrons. The van der Waals surface area contributed by atoms with E-state index in [4.69, 9.17) is 0 Å². The fraction of sp³-hybridized carbons (Fsp3) is 0.562. The average molecular weight is 314 g/mol. The van der Waals surface area contributed by atoms with Gasteiger partial charge >= 0.3 is 6.18 Å². The normalized spacial score (nSPS) is 23.3. The predicted octanol–water partition coefficient (Wildman–Crippen LogP) is 3.62. The molecular weight excluding hydrogens is 293 g/mol. The smallest absolute Gasteiger partial charge is 0.325 e. The van der Waals surface area contributed by atoms with Crippen molar-refractivity contribution in [2.45, 2.75) is 26.4 Å². The van der Waals surface area contributed by atoms with E-state index < -0.39 is 11.7 Å². The van der Waals surface area contributed by atoms with Crippen molar-refractivity contribution in [1.29, 1.82) is 0 Å². The molecule has 0 spiro atoms. The number of alkyl halides is 3. The van der Waals surface area contributed by atoms with Crippen LogP contribution >= 0.6 is 0 Å². The molecule has 0 aliphatic carbocycles. The van der Waals surface area contributed by atoms with Gasteiger partial charge in [-0.15, -0.1) is 0 Å². The molecule has 0 unspecified atom stereocenters. The number of anilines is 1. The fourth-order valence-electron chi connectivity index (χ4n) is 3.10. The highest BCUT2D eigenvalue weighted by molar-refractivity contribution is 5.92. The van der Waals surface area contributed by atoms with Gasteiger partial charge in [0.2, 0.25) is 5.91 Å². The number of nitrogens with zero attached hydrogens (tertiary/aromatic N) is 1. The minimum absolute atomic E-state index is 0.179. The van der Waals surface area contributed by atoms with Crippen molar-refractivity contribution in [2.75, 3.05) is 25.0 Å². The van der Waals surface area contributed by atoms with E-state index in [0.29, 0.717) is 11.8 Å². The van der Waals surface area contributed by atoms with E-state index in [1.807, 2.05) is 0 Å². The van der Waals surface area contributed by atoms with Crippen LogP contribution in [-0.2, 0) is 11.0 Å². The number of nitrogens with one attached hydrogen (secondary N) is 1. The van der Waals surface area contributed by atoms with Crippen molar-refractivity contribution in [1.82, 2.24) is 4.90 Å². The van der Waals surface area contributed by atoms with Crippen molar-refractivity contribution in [2.24, 2.45) is 11.8 Å². The van der Waals surface area contributed by atoms with Gasteiger partial charge in [-0.25, -0.2) is 0 Å². The van der Waals surface area contributed by atoms with Crippen LogP contribution in [-0.4, -0.2) is 30.4 Å². The summed E-state index contributed by atoms with van der Waals surface area (Å²) in [5, 5.41) is 2.55. The van der Waals surface area contributed by atoms with E-state index in [9.17, 15) is 18.0 Å². The Hall–Kier alpha value is -1.56. The first-order valence-electron chi connectivity index (χ1n) is 7.43. The molecular formula is C16H21F3N2O. The van der Waals surface area contributed by atoms with Crippen LogP contribution < -0.4 is 5.32 Å². The van der Waals surface area contributed by atoms with E-state index in [1.54, 1.807) is 0 Å². The van der Waals surface area contributed by atoms with Crippen LogP contribution in [0.25, 0.3) is 0 Å². The van der Waals surface area contributed by atoms with Gasteiger partial charge in [-0.2, -0.15) is 13.2 Å². The Morgan fingerprint density at radius 2 is 1.91 bits per heavy atom. The standard InChI is InChI=1S/C16H21F3N2O/c1-11-6-12(2)9-21(8-11)10-15(22)20-14-5-3-4-13(7-14)16(17,18)19/h3-5,7,11-12H,6,8-10H2,1-2H3,(H,20,22)/t11-,12+. The summed E-state index contributed by atoms with van der Waals surface area (Å²) in [4.78, 5) is 14.1. The topological polar surface area (TPSA) is 32.3 Å². The molecule has 2 atom stereocenters. The van der Waals surface area contributed by atoms with Gasteiger partial charge in [0.05, 0.1) is 12.1 Å². The lowest BCUT2D eigenvalue weighted by atomic mass is 9.92. The van der Waals surface area contributed by atoms with Gasteiger partial charge in [0.15, 0.2) is 0 Å². The summed E-state index contributed by atoms with van der Waals surface area (Å²) in [7, 11) is 0. The number of piperidine rings is 1. The Kier molecular flexibility index (Phi) is 5.11. The van der Waals surface area contributed by atoms with Crippen molar-refractivity contribution in [3.05, 3.63) is 29.8 Å². The summed E-state index contributed by atoms with van der Waals surface area (Å²) in [6.45, 7) is 6.20. The molecule has 1 heterocycles. The molecule has 1 saturated heterocycles. The zero-order valence-corrected chi connectivity index (χ0v) is 12.8. The fourth-order valence-corrected chi connectivity index (χ4v) is 3.10. The summed E-state index contributed by atoms with van der Waals surface area (Å²) in [5.74, 6) is 0.788. The zero-order valence-electron chi connectivity index (χ0n) is 12.8. The van der Waals surface area contributed by atoms with Gasteiger partial charge in [-0.1, -0.05) is 19.9 Å². The largest absolute Gasteiger partial charge is 0.416 e. The highest BCUT2D eigenvalue weighted by atomic mass is 19.4. The van der Waals surface area contributed by atoms with Crippen LogP contribution in [0.4, 0.5) is 18.9 Å². The first kappa shape index (κ1) is 16.8. The number of hydrogen-bond acceptors (Lipinski definition) is 2. The minimum atomic E-state index is -4.40. The molecule has 0 bridgehead atoms. The lowest BCUT2D eigenvalue weighted by Gasteiger charge is -2.34. The van der Waals surface area contributed by atoms with E-state index in [2.05, 4.69) is 24.1 Å². The minimum Gasteiger partial charge on any atom is -0.325 e. The number of carbonyl (C=O) groups is 1. The van der Waals surface area contributed by atoms with Crippen LogP contribution in [0.1, 0.15) is 25.8 Å². The molecule has 0 saturated carbocycles. The Labute approximate surface area is 128 Å². The summed E-state index contributed by atoms with van der Waals surface area (Å²) in [6.07, 6.45) is -3.26. The van der Waals surface area contributed by atoms with Gasteiger partial charge in [-0.05, 0) is 36.5 Å². The number of hydrogen-bond donors (Lipinski definition) is 1. The summed E-state index contributed by atoms with van der Waals surface area (Å²) >= 11 is 0. The number of amides is 1. The Bertz CT molecular complexity index is 520. The second-order valence-electron chi connectivity index (χ2n) is 6.27. The Morgan fingerprint density at radius 1 is 1.27 bits per heavy atom. The van der Waals surface area contributed by atoms with E-state index in [-0.39, 0.29) is 18.1 Å². The second-order valence-corrected chi connectivity index (χ2v) is 6.27. The van der Waals surface area contributed by atoms with Crippen LogP contribution in [0.3, 0.4) is 0 Å². The highest BCUT2D eigenvalue weighted by Crippen LogP contribution is 2.30. The van der Waals surface area contributed by atoms with Crippen molar-refractivity contribution in [3.63, 3.8) is 0 Å². The summed E-state index contributed by atoms with van der Waals surface area (Å²) < 4.78 is 37.9. The second kappa shape index (κ2) is 6.69. The SMILES string of the molecule is C[C@@H]1C[C@H](C)CN(CC(=O)Nc2cccc(C(F)(F)F)c2)C1. The van der Waals surface area contributed by atoms with Gasteiger partial charge < -0.3 is 5.32 Å². The maximum Gasteiger partial charge on any atom is 0.416 e. The van der Waals surface area contributed by atoms with Crippen LogP contribution in [0.5, 0.6) is 0 Å². The number of rotatable bonds is 3. The van der Waals surface area contributed by atoms with Gasteiger partial charge in [0.25, 0.3) is 0 Å². The molecule has 0 radical (unpaired) electrons. The molecule has 2 rings (SSSR count). The molecule has 1 aromatic rings. The number of carbonyl (C=O) groups excluding carboxylic acids is 1. The van der Waals surface area contributed by atoms with Crippen molar-refractivity contribution >= 4 is 11.6 Å². The van der Waals surface area contributed by atoms with E-state index in [0.717, 1.165) is 31.6 Å². The van der Waals surface area contributed by atoms with Crippen LogP contribution in [0.15, 0.2) is 24.3 Å². The van der Waals surface area contributed by atoms with Gasteiger partial charge in [-0.3, -0.25) is 9.69 Å². The number of benzene rings is 1. The molecule has 3 nitrogen and oxygen atoms in total. The third kappa shape index (κ3) is 4.73. The zero-order chi connectivity index (χ0) is 16.3. The van der Waals surface area contributed by atoms with Crippen molar-refractivity contribution < 1.29 is 18.0 Å². The molecule has 1 fully saturated rings. The Balaban J connectivity index is 1.95. The van der Waals surface area contributed by atoms with Crippen molar-refractivity contribution in [3.8, 4) is 0 Å². The maximum atomic E-state index is 12.6. The molecule has 1 aliphatic heterocycles. The lowest BCUT2D eigenvalue weighted by Crippen LogP contribution is -2.42. The Morgan fingerprint density at radius 3 is 2.50 bits per heavy atom. The summed E-state index contributed by atoms with van der Waals surface area (Å²) in [5.41, 5.74) is -0.580. The molecule has 22 heavy (non-hydrogen) atoms. The molecule has 6 heteroatoms. The first-order chi connectivity index (χ1) is 10.2. The molecule has 1 N–H and O–H groups in total. The molecule has 0 aromatic heterocycles. The third-order valence-corrected chi connectivity index (χ3v) is 3.79.